The third-order valence-corrected chi connectivity index (χ3v) is 10.4. The number of nitrogen functional groups attached to an aromatic ring is 1. The zero-order valence-electron chi connectivity index (χ0n) is 23.3. The highest BCUT2D eigenvalue weighted by molar-refractivity contribution is 7.16. The summed E-state index contributed by atoms with van der Waals surface area (Å²) in [6, 6.07) is 3.05. The van der Waals surface area contributed by atoms with Gasteiger partial charge < -0.3 is 24.6 Å². The highest BCUT2D eigenvalue weighted by atomic mass is 32.1. The predicted octanol–water partition coefficient (Wildman–Crippen LogP) is 4.30. The Kier molecular flexibility index (Phi) is 6.16. The summed E-state index contributed by atoms with van der Waals surface area (Å²) in [6.07, 6.45) is 7.77. The maximum atomic E-state index is 10.0. The van der Waals surface area contributed by atoms with Gasteiger partial charge in [0.25, 0.3) is 0 Å². The van der Waals surface area contributed by atoms with E-state index in [4.69, 9.17) is 29.7 Å². The monoisotopic (exact) mass is 561 g/mol. The van der Waals surface area contributed by atoms with Gasteiger partial charge in [0.15, 0.2) is 17.3 Å². The van der Waals surface area contributed by atoms with Gasteiger partial charge in [-0.1, -0.05) is 5.16 Å². The van der Waals surface area contributed by atoms with Crippen molar-refractivity contribution in [2.24, 2.45) is 0 Å². The van der Waals surface area contributed by atoms with Crippen molar-refractivity contribution in [3.8, 4) is 29.2 Å². The number of likely N-dealkylation sites (tertiary alicyclic amines) is 1. The maximum Gasteiger partial charge on any atom is 0.319 e. The van der Waals surface area contributed by atoms with Crippen molar-refractivity contribution in [1.82, 2.24) is 20.0 Å². The molecule has 40 heavy (non-hydrogen) atoms. The molecule has 210 valence electrons. The number of nitrogens with zero attached hydrogens (tertiary/aromatic N) is 6. The van der Waals surface area contributed by atoms with Gasteiger partial charge >= 0.3 is 6.01 Å². The molecule has 3 aromatic heterocycles. The highest BCUT2D eigenvalue weighted by Crippen LogP contribution is 2.55. The van der Waals surface area contributed by atoms with Crippen molar-refractivity contribution in [2.75, 3.05) is 44.4 Å². The Morgan fingerprint density at radius 1 is 1.15 bits per heavy atom. The van der Waals surface area contributed by atoms with E-state index in [9.17, 15) is 5.26 Å². The average Bonchev–Trinajstić information content (AvgIpc) is 3.66. The first-order valence-electron chi connectivity index (χ1n) is 14.3. The molecule has 0 aromatic carbocycles. The van der Waals surface area contributed by atoms with E-state index in [0.29, 0.717) is 52.2 Å². The molecule has 10 nitrogen and oxygen atoms in total. The molecule has 0 bridgehead atoms. The van der Waals surface area contributed by atoms with Crippen LogP contribution in [0.25, 0.3) is 11.4 Å². The molecule has 1 spiro atoms. The Bertz CT molecular complexity index is 1510. The largest absolute Gasteiger partial charge is 0.486 e. The molecule has 2 N–H and O–H groups in total. The number of aromatic nitrogens is 3. The lowest BCUT2D eigenvalue weighted by atomic mass is 9.63. The van der Waals surface area contributed by atoms with E-state index in [0.717, 1.165) is 74.9 Å². The molecular formula is C29H35N7O3S. The molecule has 4 aliphatic rings. The smallest absolute Gasteiger partial charge is 0.319 e. The zero-order valence-corrected chi connectivity index (χ0v) is 24.1. The minimum absolute atomic E-state index is 0.0585. The molecule has 0 radical (unpaired) electrons. The number of ether oxygens (including phenoxy) is 2. The standard InChI is InChI=1S/C29H35N7O3S/c1-16(19-8-6-12-35(19)2)38-28-32-23(24-27(33-28)36(3)13-14-37-24)22-17-7-4-10-29(25(17)39-34-22)11-5-9-20-21(29)18(15-30)26(31)40-20/h16,19H,4-14,31H2,1-3H3. The molecule has 3 unspecified atom stereocenters. The number of thiophene rings is 1. The van der Waals surface area contributed by atoms with Gasteiger partial charge in [-0.05, 0) is 77.4 Å². The summed E-state index contributed by atoms with van der Waals surface area (Å²) in [7, 11) is 4.16. The predicted molar refractivity (Wildman–Crippen MR) is 152 cm³/mol. The van der Waals surface area contributed by atoms with Crippen molar-refractivity contribution in [1.29, 1.82) is 5.26 Å². The Morgan fingerprint density at radius 3 is 2.75 bits per heavy atom. The number of nitrogens with two attached hydrogens (primary N) is 1. The number of hydrogen-bond acceptors (Lipinski definition) is 11. The number of likely N-dealkylation sites (N-methyl/N-ethyl adjacent to an activating group) is 2. The van der Waals surface area contributed by atoms with Crippen LogP contribution in [0.15, 0.2) is 4.52 Å². The number of anilines is 2. The highest BCUT2D eigenvalue weighted by Gasteiger charge is 2.49. The van der Waals surface area contributed by atoms with Crippen molar-refractivity contribution >= 4 is 22.2 Å². The van der Waals surface area contributed by atoms with E-state index in [2.05, 4.69) is 35.0 Å². The van der Waals surface area contributed by atoms with Crippen LogP contribution in [0.5, 0.6) is 11.8 Å². The molecule has 11 heteroatoms. The molecular weight excluding hydrogens is 526 g/mol. The molecule has 5 heterocycles. The Hall–Kier alpha value is -3.36. The summed E-state index contributed by atoms with van der Waals surface area (Å²) in [5, 5.41) is 15.3. The van der Waals surface area contributed by atoms with Gasteiger partial charge in [0.1, 0.15) is 35.2 Å². The van der Waals surface area contributed by atoms with Crippen LogP contribution in [0.1, 0.15) is 72.8 Å². The average molecular weight is 562 g/mol. The van der Waals surface area contributed by atoms with Crippen molar-refractivity contribution < 1.29 is 14.0 Å². The summed E-state index contributed by atoms with van der Waals surface area (Å²) in [5.41, 5.74) is 9.95. The lowest BCUT2D eigenvalue weighted by Crippen LogP contribution is -2.38. The van der Waals surface area contributed by atoms with Crippen molar-refractivity contribution in [3.05, 3.63) is 27.3 Å². The van der Waals surface area contributed by atoms with E-state index in [1.54, 1.807) is 11.3 Å². The fourth-order valence-electron chi connectivity index (χ4n) is 7.42. The normalized spacial score (nSPS) is 24.6. The minimum Gasteiger partial charge on any atom is -0.486 e. The van der Waals surface area contributed by atoms with E-state index in [1.165, 1.54) is 11.3 Å². The molecule has 0 amide bonds. The first-order chi connectivity index (χ1) is 19.4. The van der Waals surface area contributed by atoms with Gasteiger partial charge in [-0.15, -0.1) is 11.3 Å². The number of nitriles is 1. The molecule has 1 fully saturated rings. The van der Waals surface area contributed by atoms with Crippen LogP contribution in [-0.2, 0) is 18.3 Å². The quantitative estimate of drug-likeness (QED) is 0.493. The molecule has 0 saturated carbocycles. The first kappa shape index (κ1) is 25.6. The lowest BCUT2D eigenvalue weighted by Gasteiger charge is -2.39. The van der Waals surface area contributed by atoms with Crippen LogP contribution >= 0.6 is 11.3 Å². The Labute approximate surface area is 238 Å². The second kappa shape index (κ2) is 9.63. The van der Waals surface area contributed by atoms with Gasteiger partial charge in [-0.3, -0.25) is 4.90 Å². The van der Waals surface area contributed by atoms with Gasteiger partial charge in [0.05, 0.1) is 17.5 Å². The SMILES string of the molecule is CC(Oc1nc(-c2noc3c2CCCC32CCCc3sc(N)c(C#N)c32)c2c(n1)N(C)CCO2)C1CCCN1C. The summed E-state index contributed by atoms with van der Waals surface area (Å²) in [4.78, 5) is 15.4. The number of hydrogen-bond donors (Lipinski definition) is 1. The molecule has 2 aliphatic carbocycles. The molecule has 2 aliphatic heterocycles. The molecule has 3 aromatic rings. The topological polar surface area (TPSA) is 127 Å². The molecule has 3 atom stereocenters. The van der Waals surface area contributed by atoms with Crippen LogP contribution in [0, 0.1) is 11.3 Å². The van der Waals surface area contributed by atoms with Gasteiger partial charge in [-0.25, -0.2) is 0 Å². The van der Waals surface area contributed by atoms with Crippen molar-refractivity contribution in [2.45, 2.75) is 75.9 Å². The van der Waals surface area contributed by atoms with Crippen molar-refractivity contribution in [3.63, 3.8) is 0 Å². The van der Waals surface area contributed by atoms with Crippen LogP contribution in [0.3, 0.4) is 0 Å². The maximum absolute atomic E-state index is 10.0. The summed E-state index contributed by atoms with van der Waals surface area (Å²) < 4.78 is 18.8. The van der Waals surface area contributed by atoms with E-state index < -0.39 is 5.41 Å². The second-order valence-corrected chi connectivity index (χ2v) is 12.8. The third kappa shape index (κ3) is 3.79. The fraction of sp³-hybridized carbons (Fsp3) is 0.586. The second-order valence-electron chi connectivity index (χ2n) is 11.7. The zero-order chi connectivity index (χ0) is 27.6. The van der Waals surface area contributed by atoms with Crippen LogP contribution in [0.4, 0.5) is 10.8 Å². The Balaban J connectivity index is 1.35. The molecule has 1 saturated heterocycles. The number of aryl methyl sites for hydroxylation is 1. The lowest BCUT2D eigenvalue weighted by molar-refractivity contribution is 0.111. The van der Waals surface area contributed by atoms with Crippen LogP contribution in [-0.4, -0.2) is 66.0 Å². The Morgan fingerprint density at radius 2 is 1.98 bits per heavy atom. The van der Waals surface area contributed by atoms with Crippen LogP contribution in [0.2, 0.25) is 0 Å². The number of rotatable bonds is 4. The first-order valence-corrected chi connectivity index (χ1v) is 15.2. The fourth-order valence-corrected chi connectivity index (χ4v) is 8.58. The van der Waals surface area contributed by atoms with Crippen LogP contribution < -0.4 is 20.1 Å². The third-order valence-electron chi connectivity index (χ3n) is 9.36. The van der Waals surface area contributed by atoms with Gasteiger partial charge in [0.2, 0.25) is 0 Å². The minimum atomic E-state index is -0.392. The summed E-state index contributed by atoms with van der Waals surface area (Å²) >= 11 is 1.55. The van der Waals surface area contributed by atoms with Gasteiger partial charge in [0, 0.05) is 23.5 Å². The summed E-state index contributed by atoms with van der Waals surface area (Å²) in [5.74, 6) is 2.17. The molecule has 7 rings (SSSR count). The number of fused-ring (bicyclic) bond motifs is 5. The van der Waals surface area contributed by atoms with Gasteiger partial charge in [-0.2, -0.15) is 15.2 Å². The summed E-state index contributed by atoms with van der Waals surface area (Å²) in [6.45, 7) is 4.43. The van der Waals surface area contributed by atoms with E-state index >= 15 is 0 Å². The van der Waals surface area contributed by atoms with E-state index in [-0.39, 0.29) is 6.10 Å². The van der Waals surface area contributed by atoms with E-state index in [1.807, 2.05) is 7.05 Å².